The Balaban J connectivity index is 0.000000236. The largest absolute Gasteiger partial charge is 0.486 e. The van der Waals surface area contributed by atoms with Crippen LogP contribution in [0.25, 0.3) is 44.6 Å². The predicted octanol–water partition coefficient (Wildman–Crippen LogP) is 9.64. The van der Waals surface area contributed by atoms with Crippen molar-refractivity contribution in [2.75, 3.05) is 0 Å². The van der Waals surface area contributed by atoms with Gasteiger partial charge in [0.25, 0.3) is 0 Å². The minimum Gasteiger partial charge on any atom is -0.486 e. The van der Waals surface area contributed by atoms with E-state index < -0.39 is 26.5 Å². The van der Waals surface area contributed by atoms with Crippen molar-refractivity contribution in [3.63, 3.8) is 0 Å². The number of furan rings is 1. The van der Waals surface area contributed by atoms with Crippen LogP contribution in [0.15, 0.2) is 83.5 Å². The van der Waals surface area contributed by atoms with Gasteiger partial charge in [0.2, 0.25) is 5.71 Å². The topological polar surface area (TPSA) is 51.8 Å². The third-order valence-corrected chi connectivity index (χ3v) is 11.5. The van der Waals surface area contributed by atoms with Crippen molar-refractivity contribution >= 4 is 39.7 Å². The van der Waals surface area contributed by atoms with E-state index in [0.717, 1.165) is 23.1 Å². The van der Waals surface area contributed by atoms with Crippen LogP contribution in [-0.4, -0.2) is 28.2 Å². The number of rotatable bonds is 7. The van der Waals surface area contributed by atoms with E-state index in [9.17, 15) is 0 Å². The molecule has 0 amide bonds. The minimum absolute atomic E-state index is 0. The van der Waals surface area contributed by atoms with Crippen molar-refractivity contribution < 1.29 is 31.4 Å². The summed E-state index contributed by atoms with van der Waals surface area (Å²) in [7, 11) is 0. The van der Waals surface area contributed by atoms with Crippen molar-refractivity contribution in [2.45, 2.75) is 64.6 Å². The molecule has 4 aromatic heterocycles. The molecule has 4 nitrogen and oxygen atoms in total. The van der Waals surface area contributed by atoms with E-state index >= 15 is 0 Å². The molecule has 0 fully saturated rings. The van der Waals surface area contributed by atoms with Gasteiger partial charge in [0.05, 0.1) is 5.58 Å². The smallest absolute Gasteiger partial charge is 0.216 e. The monoisotopic (exact) mass is 841 g/mol. The number of nitrogens with zero attached hydrogens (tertiary/aromatic N) is 3. The van der Waals surface area contributed by atoms with Gasteiger partial charge in [-0.25, -0.2) is 4.98 Å². The number of hydrogen-bond acceptors (Lipinski definition) is 4. The second-order valence-electron chi connectivity index (χ2n) is 12.8. The van der Waals surface area contributed by atoms with Gasteiger partial charge in [-0.05, 0) is 43.0 Å². The second kappa shape index (κ2) is 15.0. The van der Waals surface area contributed by atoms with Crippen LogP contribution in [0.1, 0.15) is 51.4 Å². The molecule has 0 aliphatic rings. The molecule has 2 aromatic carbocycles. The number of fused-ring (bicyclic) bond motifs is 3. The van der Waals surface area contributed by atoms with Gasteiger partial charge in [0.15, 0.2) is 0 Å². The van der Waals surface area contributed by atoms with Gasteiger partial charge in [0, 0.05) is 44.2 Å². The Bertz CT molecular complexity index is 2070. The Labute approximate surface area is 291 Å². The zero-order valence-electron chi connectivity index (χ0n) is 32.0. The van der Waals surface area contributed by atoms with Crippen LogP contribution in [0.4, 0.5) is 0 Å². The Morgan fingerprint density at radius 3 is 2.40 bits per heavy atom. The summed E-state index contributed by atoms with van der Waals surface area (Å²) in [5, 5.41) is 1.48. The van der Waals surface area contributed by atoms with Crippen LogP contribution in [0.2, 0.25) is 17.3 Å². The van der Waals surface area contributed by atoms with E-state index in [1.54, 1.807) is 34.9 Å². The van der Waals surface area contributed by atoms with Gasteiger partial charge in [0.1, 0.15) is 0 Å². The van der Waals surface area contributed by atoms with Crippen LogP contribution in [0.5, 0.6) is 0 Å². The minimum atomic E-state index is -2.32. The summed E-state index contributed by atoms with van der Waals surface area (Å²) < 4.78 is 46.8. The fourth-order valence-corrected chi connectivity index (χ4v) is 8.62. The maximum absolute atomic E-state index is 8.36. The number of aromatic nitrogens is 3. The predicted molar refractivity (Wildman–Crippen MR) is 187 cm³/mol. The van der Waals surface area contributed by atoms with E-state index in [0.29, 0.717) is 33.7 Å². The zero-order chi connectivity index (χ0) is 35.7. The van der Waals surface area contributed by atoms with Crippen molar-refractivity contribution in [2.24, 2.45) is 11.8 Å². The second-order valence-corrected chi connectivity index (χ2v) is 23.4. The molecule has 0 saturated carbocycles. The summed E-state index contributed by atoms with van der Waals surface area (Å²) in [4.78, 5) is 13.3. The standard InChI is InChI=1S/C21H19N2O.C18H24GeN.Ir/c1-13(2)11-15-9-10-22-19(12-15)18-6-4-5-16-17-8-7-14(3)23-21(17)24-20(16)18;1-14(2)11-16-12-18(15-9-7-6-8-10-15)20-13-17(16)19(3,4)5;/h4-5,7-10,12-13H,11H2,1-3H3;6-9,12-14H,11H2,1-5H3;/q2*-1;/i3D3,11D2;;. The molecule has 6 heteroatoms. The summed E-state index contributed by atoms with van der Waals surface area (Å²) in [5.74, 6) is 7.79. The van der Waals surface area contributed by atoms with Gasteiger partial charge in [-0.15, -0.1) is 18.2 Å². The molecule has 235 valence electrons. The van der Waals surface area contributed by atoms with Crippen LogP contribution >= 0.6 is 0 Å². The molecule has 0 atom stereocenters. The quantitative estimate of drug-likeness (QED) is 0.119. The summed E-state index contributed by atoms with van der Waals surface area (Å²) in [6, 6.07) is 26.9. The molecular weight excluding hydrogens is 791 g/mol. The van der Waals surface area contributed by atoms with Crippen molar-refractivity contribution in [3.05, 3.63) is 108 Å². The molecular formula is C39H43GeIrN3O-2. The third kappa shape index (κ3) is 8.58. The number of pyridine rings is 3. The van der Waals surface area contributed by atoms with Gasteiger partial charge >= 0.3 is 126 Å². The van der Waals surface area contributed by atoms with Gasteiger partial charge in [-0.1, -0.05) is 36.4 Å². The molecule has 0 saturated heterocycles. The number of aryl methyl sites for hydroxylation is 1. The first-order valence-corrected chi connectivity index (χ1v) is 22.5. The molecule has 0 spiro atoms. The molecule has 0 N–H and O–H groups in total. The average molecular weight is 840 g/mol. The Kier molecular flexibility index (Phi) is 9.37. The van der Waals surface area contributed by atoms with Gasteiger partial charge < -0.3 is 9.40 Å². The first-order chi connectivity index (χ1) is 23.0. The normalized spacial score (nSPS) is 13.8. The van der Waals surface area contributed by atoms with Gasteiger partial charge in [-0.2, -0.15) is 0 Å². The summed E-state index contributed by atoms with van der Waals surface area (Å²) in [6.07, 6.45) is 3.34. The number of hydrogen-bond donors (Lipinski definition) is 0. The molecule has 45 heavy (non-hydrogen) atoms. The zero-order valence-corrected chi connectivity index (χ0v) is 31.4. The molecule has 0 unspecified atom stereocenters. The molecule has 0 aliphatic carbocycles. The van der Waals surface area contributed by atoms with Crippen LogP contribution < -0.4 is 4.40 Å². The Morgan fingerprint density at radius 1 is 0.889 bits per heavy atom. The number of benzene rings is 2. The first kappa shape index (κ1) is 28.1. The van der Waals surface area contributed by atoms with E-state index in [2.05, 4.69) is 71.5 Å². The van der Waals surface area contributed by atoms with Crippen LogP contribution in [-0.2, 0) is 32.9 Å². The van der Waals surface area contributed by atoms with Crippen molar-refractivity contribution in [3.8, 4) is 22.5 Å². The van der Waals surface area contributed by atoms with Crippen LogP contribution in [0.3, 0.4) is 0 Å². The van der Waals surface area contributed by atoms with E-state index in [4.69, 9.17) is 16.3 Å². The Morgan fingerprint density at radius 2 is 1.71 bits per heavy atom. The van der Waals surface area contributed by atoms with Gasteiger partial charge in [-0.3, -0.25) is 0 Å². The fraction of sp³-hybridized carbons (Fsp3) is 0.308. The summed E-state index contributed by atoms with van der Waals surface area (Å²) >= 11 is -1.86. The molecule has 6 aromatic rings. The molecule has 1 radical (unpaired) electrons. The molecule has 6 rings (SSSR count). The van der Waals surface area contributed by atoms with Crippen molar-refractivity contribution in [1.82, 2.24) is 15.0 Å². The van der Waals surface area contributed by atoms with Crippen molar-refractivity contribution in [1.29, 1.82) is 0 Å². The summed E-state index contributed by atoms with van der Waals surface area (Å²) in [6.45, 7) is 5.92. The van der Waals surface area contributed by atoms with E-state index in [-0.39, 0.29) is 37.4 Å². The maximum Gasteiger partial charge on any atom is 0.216 e. The third-order valence-electron chi connectivity index (χ3n) is 7.18. The Hall–Kier alpha value is -3.12. The SMILES string of the molecule is CC(C)Cc1cc(-c2[c-]cccc2)nc[c]1[Ge]([CH3])([CH3])[CH3].[2H]C([2H])([2H])c1ccc2c(n1)oc1c(-c3cc(C([2H])([2H])C(C)C)ccn3)[c-]ccc12.[Ir]. The summed E-state index contributed by atoms with van der Waals surface area (Å²) in [5.41, 5.74) is 5.99. The van der Waals surface area contributed by atoms with E-state index in [1.165, 1.54) is 11.6 Å². The maximum atomic E-state index is 8.36. The molecule has 4 heterocycles. The molecule has 0 aliphatic heterocycles. The average Bonchev–Trinajstić information content (AvgIpc) is 3.42. The first-order valence-electron chi connectivity index (χ1n) is 17.6. The van der Waals surface area contributed by atoms with E-state index in [1.807, 2.05) is 38.1 Å². The fourth-order valence-electron chi connectivity index (χ4n) is 5.28. The molecule has 0 bridgehead atoms. The van der Waals surface area contributed by atoms with Crippen LogP contribution in [0, 0.1) is 30.8 Å².